The summed E-state index contributed by atoms with van der Waals surface area (Å²) in [4.78, 5) is 5.69. The molecule has 0 unspecified atom stereocenters. The maximum Gasteiger partial charge on any atom is 0.0543 e. The molecule has 5 aromatic rings. The fourth-order valence-electron chi connectivity index (χ4n) is 13.8. The molecule has 1 aliphatic heterocycles. The van der Waals surface area contributed by atoms with Crippen LogP contribution in [0.3, 0.4) is 0 Å². The minimum absolute atomic E-state index is 0.0595. The zero-order valence-corrected chi connectivity index (χ0v) is 37.2. The molecule has 298 valence electrons. The van der Waals surface area contributed by atoms with Crippen LogP contribution in [0.25, 0.3) is 11.1 Å². The van der Waals surface area contributed by atoms with Crippen molar-refractivity contribution >= 4 is 28.8 Å². The van der Waals surface area contributed by atoms with Crippen LogP contribution in [0, 0.1) is 23.7 Å². The van der Waals surface area contributed by atoms with Crippen LogP contribution in [0.15, 0.2) is 113 Å². The molecule has 12 rings (SSSR count). The van der Waals surface area contributed by atoms with Crippen LogP contribution >= 0.6 is 11.8 Å². The molecule has 6 aliphatic carbocycles. The van der Waals surface area contributed by atoms with E-state index >= 15 is 0 Å². The Morgan fingerprint density at radius 3 is 1.50 bits per heavy atom. The third kappa shape index (κ3) is 5.41. The zero-order chi connectivity index (χ0) is 40.0. The van der Waals surface area contributed by atoms with Crippen molar-refractivity contribution in [3.63, 3.8) is 0 Å². The highest BCUT2D eigenvalue weighted by Gasteiger charge is 2.61. The summed E-state index contributed by atoms with van der Waals surface area (Å²) in [7, 11) is 0. The highest BCUT2D eigenvalue weighted by molar-refractivity contribution is 7.99. The average Bonchev–Trinajstić information content (AvgIpc) is 3.20. The van der Waals surface area contributed by atoms with E-state index in [9.17, 15) is 0 Å². The van der Waals surface area contributed by atoms with E-state index in [-0.39, 0.29) is 27.1 Å². The molecule has 1 nitrogen and oxygen atoms in total. The number of rotatable bonds is 4. The summed E-state index contributed by atoms with van der Waals surface area (Å²) >= 11 is 2.04. The predicted molar refractivity (Wildman–Crippen MR) is 246 cm³/mol. The van der Waals surface area contributed by atoms with Gasteiger partial charge in [0, 0.05) is 32.1 Å². The molecule has 1 heterocycles. The molecule has 4 fully saturated rings. The first-order valence-electron chi connectivity index (χ1n) is 22.8. The van der Waals surface area contributed by atoms with Crippen LogP contribution in [0.2, 0.25) is 0 Å². The predicted octanol–water partition coefficient (Wildman–Crippen LogP) is 15.7. The van der Waals surface area contributed by atoms with Crippen molar-refractivity contribution in [1.29, 1.82) is 0 Å². The Kier molecular flexibility index (Phi) is 8.12. The van der Waals surface area contributed by atoms with E-state index in [1.807, 2.05) is 11.8 Å². The van der Waals surface area contributed by atoms with Crippen molar-refractivity contribution < 1.29 is 0 Å². The van der Waals surface area contributed by atoms with Crippen LogP contribution in [0.5, 0.6) is 0 Å². The van der Waals surface area contributed by atoms with Crippen molar-refractivity contribution in [3.05, 3.63) is 137 Å². The highest BCUT2D eigenvalue weighted by atomic mass is 32.2. The standard InChI is InChI=1S/C56H63NS/c1-52(2)22-24-54(5,6)46-31-40(18-20-43(46)52)57(41-19-21-44-47(32-41)55(7,8)25-23-53(44,3)4)49-34-48-51(33-42(49)37-14-10-9-11-15-37)58-50-17-13-12-16-45(50)56(48)38-27-35-26-36(29-38)30-39(56)28-35/h9-21,31-36,38-39H,22-30H2,1-8H3. The van der Waals surface area contributed by atoms with Gasteiger partial charge in [0.2, 0.25) is 0 Å². The second-order valence-electron chi connectivity index (χ2n) is 22.3. The lowest BCUT2D eigenvalue weighted by atomic mass is 9.42. The minimum atomic E-state index is 0.0595. The molecule has 0 N–H and O–H groups in total. The van der Waals surface area contributed by atoms with E-state index < -0.39 is 0 Å². The summed E-state index contributed by atoms with van der Waals surface area (Å²) in [6, 6.07) is 41.5. The molecule has 4 bridgehead atoms. The Labute approximate surface area is 353 Å². The number of nitrogens with zero attached hydrogens (tertiary/aromatic N) is 1. The van der Waals surface area contributed by atoms with Gasteiger partial charge in [-0.1, -0.05) is 128 Å². The molecule has 0 atom stereocenters. The summed E-state index contributed by atoms with van der Waals surface area (Å²) in [5, 5.41) is 0. The average molecular weight is 782 g/mol. The third-order valence-corrected chi connectivity index (χ3v) is 18.2. The van der Waals surface area contributed by atoms with Gasteiger partial charge in [-0.05, 0) is 185 Å². The molecule has 0 saturated heterocycles. The molecular formula is C56H63NS. The lowest BCUT2D eigenvalue weighted by molar-refractivity contribution is -0.0443. The minimum Gasteiger partial charge on any atom is -0.310 e. The van der Waals surface area contributed by atoms with E-state index in [1.165, 1.54) is 118 Å². The number of benzene rings is 5. The summed E-state index contributed by atoms with van der Waals surface area (Å²) < 4.78 is 0. The van der Waals surface area contributed by atoms with Gasteiger partial charge in [0.15, 0.2) is 0 Å². The Morgan fingerprint density at radius 1 is 0.448 bits per heavy atom. The van der Waals surface area contributed by atoms with E-state index in [1.54, 1.807) is 11.1 Å². The van der Waals surface area contributed by atoms with Gasteiger partial charge >= 0.3 is 0 Å². The van der Waals surface area contributed by atoms with E-state index in [4.69, 9.17) is 0 Å². The Hall–Kier alpha value is -3.75. The first-order chi connectivity index (χ1) is 27.7. The fourth-order valence-corrected chi connectivity index (χ4v) is 15.1. The lowest BCUT2D eigenvalue weighted by Gasteiger charge is -2.63. The van der Waals surface area contributed by atoms with Gasteiger partial charge in [-0.3, -0.25) is 0 Å². The Bertz CT molecular complexity index is 2350. The first kappa shape index (κ1) is 37.3. The topological polar surface area (TPSA) is 3.24 Å². The molecular weight excluding hydrogens is 719 g/mol. The normalized spacial score (nSPS) is 28.6. The quantitative estimate of drug-likeness (QED) is 0.179. The highest BCUT2D eigenvalue weighted by Crippen LogP contribution is 2.69. The van der Waals surface area contributed by atoms with Crippen LogP contribution in [0.1, 0.15) is 147 Å². The second-order valence-corrected chi connectivity index (χ2v) is 23.4. The van der Waals surface area contributed by atoms with Gasteiger partial charge in [-0.2, -0.15) is 0 Å². The largest absolute Gasteiger partial charge is 0.310 e. The Morgan fingerprint density at radius 2 is 0.948 bits per heavy atom. The summed E-state index contributed by atoms with van der Waals surface area (Å²) in [5.41, 5.74) is 16.5. The van der Waals surface area contributed by atoms with Crippen molar-refractivity contribution in [2.75, 3.05) is 4.90 Å². The molecule has 0 aromatic heterocycles. The van der Waals surface area contributed by atoms with E-state index in [0.29, 0.717) is 11.8 Å². The molecule has 5 aromatic carbocycles. The number of anilines is 3. The molecule has 2 heteroatoms. The molecule has 0 amide bonds. The second kappa shape index (κ2) is 12.6. The first-order valence-corrected chi connectivity index (χ1v) is 23.6. The van der Waals surface area contributed by atoms with Gasteiger partial charge in [-0.15, -0.1) is 0 Å². The van der Waals surface area contributed by atoms with Crippen LogP contribution in [-0.4, -0.2) is 0 Å². The SMILES string of the molecule is CC1(C)CCC(C)(C)c2cc(N(c3ccc4c(c3)C(C)(C)CCC4(C)C)c3cc4c(cc3-c3ccccc3)Sc3ccccc3C43C4CC5CC(C4)CC3C5)ccc21. The van der Waals surface area contributed by atoms with E-state index in [0.717, 1.165) is 11.8 Å². The maximum absolute atomic E-state index is 2.76. The van der Waals surface area contributed by atoms with Gasteiger partial charge in [0.25, 0.3) is 0 Å². The van der Waals surface area contributed by atoms with Crippen molar-refractivity contribution in [2.45, 2.75) is 150 Å². The van der Waals surface area contributed by atoms with Gasteiger partial charge < -0.3 is 4.90 Å². The number of hydrogen-bond acceptors (Lipinski definition) is 2. The zero-order valence-electron chi connectivity index (χ0n) is 36.3. The molecule has 7 aliphatic rings. The van der Waals surface area contributed by atoms with Crippen molar-refractivity contribution in [3.8, 4) is 11.1 Å². The third-order valence-electron chi connectivity index (χ3n) is 17.0. The fraction of sp³-hybridized carbons (Fsp3) is 0.464. The summed E-state index contributed by atoms with van der Waals surface area (Å²) in [6.45, 7) is 19.8. The van der Waals surface area contributed by atoms with Gasteiger partial charge in [0.1, 0.15) is 0 Å². The lowest BCUT2D eigenvalue weighted by Crippen LogP contribution is -2.57. The van der Waals surface area contributed by atoms with Crippen LogP contribution < -0.4 is 4.90 Å². The van der Waals surface area contributed by atoms with Gasteiger partial charge in [-0.25, -0.2) is 0 Å². The van der Waals surface area contributed by atoms with Crippen molar-refractivity contribution in [2.24, 2.45) is 23.7 Å². The number of fused-ring (bicyclic) bond motifs is 4. The van der Waals surface area contributed by atoms with Crippen LogP contribution in [0.4, 0.5) is 17.1 Å². The molecule has 0 radical (unpaired) electrons. The maximum atomic E-state index is 2.76. The molecule has 58 heavy (non-hydrogen) atoms. The van der Waals surface area contributed by atoms with Gasteiger partial charge in [0.05, 0.1) is 5.69 Å². The van der Waals surface area contributed by atoms with Crippen LogP contribution in [-0.2, 0) is 27.1 Å². The van der Waals surface area contributed by atoms with E-state index in [2.05, 4.69) is 163 Å². The van der Waals surface area contributed by atoms with Crippen molar-refractivity contribution in [1.82, 2.24) is 0 Å². The monoisotopic (exact) mass is 781 g/mol. The molecule has 4 saturated carbocycles. The molecule has 1 spiro atoms. The number of hydrogen-bond donors (Lipinski definition) is 0. The Balaban J connectivity index is 1.22. The smallest absolute Gasteiger partial charge is 0.0543 e. The summed E-state index contributed by atoms with van der Waals surface area (Å²) in [5.74, 6) is 3.21. The summed E-state index contributed by atoms with van der Waals surface area (Å²) in [6.07, 6.45) is 11.9.